The summed E-state index contributed by atoms with van der Waals surface area (Å²) >= 11 is 25.7. The molecule has 0 aliphatic carbocycles. The van der Waals surface area contributed by atoms with Crippen molar-refractivity contribution in [1.82, 2.24) is 10.6 Å². The third kappa shape index (κ3) is 6.64. The van der Waals surface area contributed by atoms with E-state index in [-0.39, 0.29) is 11.0 Å². The topological polar surface area (TPSA) is 53.2 Å². The first-order valence-electron chi connectivity index (χ1n) is 7.85. The minimum absolute atomic E-state index is 0.223. The van der Waals surface area contributed by atoms with Gasteiger partial charge in [-0.1, -0.05) is 53.0 Å². The summed E-state index contributed by atoms with van der Waals surface area (Å²) in [4.78, 5) is 12.6. The molecule has 0 fully saturated rings. The van der Waals surface area contributed by atoms with Crippen LogP contribution in [0.5, 0.6) is 0 Å². The Balaban J connectivity index is 2.11. The van der Waals surface area contributed by atoms with E-state index in [1.165, 1.54) is 0 Å². The van der Waals surface area contributed by atoms with E-state index in [1.807, 2.05) is 44.2 Å². The number of benzene rings is 2. The Morgan fingerprint density at radius 2 is 1.74 bits per heavy atom. The van der Waals surface area contributed by atoms with Crippen molar-refractivity contribution < 1.29 is 4.79 Å². The fourth-order valence-electron chi connectivity index (χ4n) is 2.29. The monoisotopic (exact) mass is 555 g/mol. The summed E-state index contributed by atoms with van der Waals surface area (Å²) in [5.74, 6) is -0.370. The van der Waals surface area contributed by atoms with Gasteiger partial charge >= 0.3 is 0 Å². The van der Waals surface area contributed by atoms with E-state index < -0.39 is 9.96 Å². The predicted octanol–water partition coefficient (Wildman–Crippen LogP) is 5.32. The van der Waals surface area contributed by atoms with Crippen molar-refractivity contribution >= 4 is 86.3 Å². The first-order chi connectivity index (χ1) is 12.6. The van der Waals surface area contributed by atoms with E-state index >= 15 is 0 Å². The van der Waals surface area contributed by atoms with Gasteiger partial charge in [0.25, 0.3) is 5.91 Å². The highest BCUT2D eigenvalue weighted by atomic mass is 127. The molecule has 1 atom stereocenters. The normalized spacial score (nSPS) is 12.2. The number of alkyl halides is 3. The maximum atomic E-state index is 12.6. The summed E-state index contributed by atoms with van der Waals surface area (Å²) in [6.45, 7) is 3.79. The number of carbonyl (C=O) groups is 1. The Kier molecular flexibility index (Phi) is 8.00. The average Bonchev–Trinajstić information content (AvgIpc) is 2.56. The number of anilines is 1. The van der Waals surface area contributed by atoms with Crippen LogP contribution in [0.15, 0.2) is 42.5 Å². The second kappa shape index (κ2) is 9.60. The van der Waals surface area contributed by atoms with Gasteiger partial charge in [-0.25, -0.2) is 0 Å². The maximum absolute atomic E-state index is 12.6. The van der Waals surface area contributed by atoms with Crippen molar-refractivity contribution in [2.24, 2.45) is 0 Å². The van der Waals surface area contributed by atoms with Gasteiger partial charge in [0.15, 0.2) is 5.11 Å². The molecule has 1 unspecified atom stereocenters. The molecular formula is C18H17Cl3IN3OS. The smallest absolute Gasteiger partial charge is 0.253 e. The zero-order chi connectivity index (χ0) is 20.2. The van der Waals surface area contributed by atoms with E-state index in [0.717, 1.165) is 20.4 Å². The van der Waals surface area contributed by atoms with Gasteiger partial charge in [0.2, 0.25) is 3.79 Å². The Morgan fingerprint density at radius 1 is 1.07 bits per heavy atom. The Labute approximate surface area is 192 Å². The van der Waals surface area contributed by atoms with E-state index in [2.05, 4.69) is 38.5 Å². The molecule has 9 heteroatoms. The number of nitrogens with one attached hydrogen (secondary N) is 3. The van der Waals surface area contributed by atoms with Crippen molar-refractivity contribution in [1.29, 1.82) is 0 Å². The molecule has 0 heterocycles. The molecule has 0 aliphatic rings. The number of amides is 1. The van der Waals surface area contributed by atoms with Gasteiger partial charge in [0, 0.05) is 14.8 Å². The fraction of sp³-hybridized carbons (Fsp3) is 0.222. The predicted molar refractivity (Wildman–Crippen MR) is 126 cm³/mol. The lowest BCUT2D eigenvalue weighted by molar-refractivity contribution is 0.0934. The summed E-state index contributed by atoms with van der Waals surface area (Å²) in [5.41, 5.74) is 3.14. The molecule has 0 spiro atoms. The fourth-order valence-corrected chi connectivity index (χ4v) is 3.50. The lowest BCUT2D eigenvalue weighted by Crippen LogP contribution is -2.56. The summed E-state index contributed by atoms with van der Waals surface area (Å²) in [6, 6.07) is 13.0. The van der Waals surface area contributed by atoms with Gasteiger partial charge in [-0.3, -0.25) is 4.79 Å². The second-order valence-electron chi connectivity index (χ2n) is 5.82. The summed E-state index contributed by atoms with van der Waals surface area (Å²) < 4.78 is -0.704. The molecule has 3 N–H and O–H groups in total. The van der Waals surface area contributed by atoms with Gasteiger partial charge in [0.1, 0.15) is 6.17 Å². The summed E-state index contributed by atoms with van der Waals surface area (Å²) in [5, 5.41) is 8.82. The van der Waals surface area contributed by atoms with Crippen molar-refractivity contribution in [2.45, 2.75) is 23.8 Å². The number of hydrogen-bond acceptors (Lipinski definition) is 2. The highest BCUT2D eigenvalue weighted by Crippen LogP contribution is 2.29. The van der Waals surface area contributed by atoms with Crippen molar-refractivity contribution in [3.63, 3.8) is 0 Å². The molecule has 0 saturated heterocycles. The van der Waals surface area contributed by atoms with Crippen LogP contribution >= 0.6 is 69.6 Å². The largest absolute Gasteiger partial charge is 0.339 e. The molecule has 0 radical (unpaired) electrons. The number of carbonyl (C=O) groups excluding carboxylic acids is 1. The van der Waals surface area contributed by atoms with E-state index in [4.69, 9.17) is 47.0 Å². The van der Waals surface area contributed by atoms with Crippen molar-refractivity contribution in [2.75, 3.05) is 5.32 Å². The quantitative estimate of drug-likeness (QED) is 0.207. The highest BCUT2D eigenvalue weighted by Gasteiger charge is 2.35. The number of rotatable bonds is 4. The molecule has 0 saturated carbocycles. The lowest BCUT2D eigenvalue weighted by Gasteiger charge is -2.28. The number of hydrogen-bond donors (Lipinski definition) is 3. The third-order valence-electron chi connectivity index (χ3n) is 3.70. The number of halogens is 4. The highest BCUT2D eigenvalue weighted by molar-refractivity contribution is 14.1. The SMILES string of the molecule is Cc1cc(I)ccc1NC(=S)NC(NC(=O)c1ccccc1C)C(Cl)(Cl)Cl. The minimum atomic E-state index is -1.81. The summed E-state index contributed by atoms with van der Waals surface area (Å²) in [6.07, 6.45) is -1.03. The van der Waals surface area contributed by atoms with Crippen LogP contribution in [0.2, 0.25) is 0 Å². The van der Waals surface area contributed by atoms with E-state index in [1.54, 1.807) is 12.1 Å². The van der Waals surface area contributed by atoms with Gasteiger partial charge < -0.3 is 16.0 Å². The second-order valence-corrected chi connectivity index (χ2v) is 9.84. The zero-order valence-electron chi connectivity index (χ0n) is 14.4. The van der Waals surface area contributed by atoms with E-state index in [9.17, 15) is 4.79 Å². The van der Waals surface area contributed by atoms with Crippen molar-refractivity contribution in [3.05, 3.63) is 62.7 Å². The van der Waals surface area contributed by atoms with Crippen LogP contribution in [0.1, 0.15) is 21.5 Å². The van der Waals surface area contributed by atoms with Crippen molar-refractivity contribution in [3.8, 4) is 0 Å². The standard InChI is InChI=1S/C18H17Cl3IN3OS/c1-10-5-3-4-6-13(10)15(26)24-16(18(19,20)21)25-17(27)23-14-8-7-12(22)9-11(14)2/h3-9,16H,1-2H3,(H,24,26)(H2,23,25,27). The molecule has 2 rings (SSSR count). The van der Waals surface area contributed by atoms with Crippen LogP contribution in [-0.2, 0) is 0 Å². The molecule has 2 aromatic rings. The van der Waals surface area contributed by atoms with Gasteiger partial charge in [-0.2, -0.15) is 0 Å². The molecule has 27 heavy (non-hydrogen) atoms. The van der Waals surface area contributed by atoms with Crippen LogP contribution in [0, 0.1) is 17.4 Å². The Hall–Kier alpha value is -0.800. The van der Waals surface area contributed by atoms with Gasteiger partial charge in [-0.15, -0.1) is 0 Å². The summed E-state index contributed by atoms with van der Waals surface area (Å²) in [7, 11) is 0. The molecule has 0 aromatic heterocycles. The number of thiocarbonyl (C=S) groups is 1. The maximum Gasteiger partial charge on any atom is 0.253 e. The lowest BCUT2D eigenvalue weighted by atomic mass is 10.1. The molecule has 2 aromatic carbocycles. The zero-order valence-corrected chi connectivity index (χ0v) is 19.7. The average molecular weight is 557 g/mol. The minimum Gasteiger partial charge on any atom is -0.339 e. The molecule has 1 amide bonds. The van der Waals surface area contributed by atoms with E-state index in [0.29, 0.717) is 5.56 Å². The van der Waals surface area contributed by atoms with Gasteiger partial charge in [-0.05, 0) is 84.0 Å². The van der Waals surface area contributed by atoms with Crippen LogP contribution in [0.25, 0.3) is 0 Å². The van der Waals surface area contributed by atoms with Crippen LogP contribution in [0.3, 0.4) is 0 Å². The molecule has 0 aliphatic heterocycles. The first-order valence-corrected chi connectivity index (χ1v) is 10.5. The van der Waals surface area contributed by atoms with Gasteiger partial charge in [0.05, 0.1) is 0 Å². The van der Waals surface area contributed by atoms with Crippen LogP contribution in [-0.4, -0.2) is 21.0 Å². The Morgan fingerprint density at radius 3 is 2.33 bits per heavy atom. The number of aryl methyl sites for hydroxylation is 2. The molecular weight excluding hydrogens is 540 g/mol. The molecule has 0 bridgehead atoms. The van der Waals surface area contributed by atoms with Crippen LogP contribution in [0.4, 0.5) is 5.69 Å². The third-order valence-corrected chi connectivity index (χ3v) is 5.25. The van der Waals surface area contributed by atoms with Crippen LogP contribution < -0.4 is 16.0 Å². The Bertz CT molecular complexity index is 858. The molecule has 144 valence electrons. The first kappa shape index (κ1) is 22.5. The molecule has 4 nitrogen and oxygen atoms in total.